The third kappa shape index (κ3) is 3.24. The summed E-state index contributed by atoms with van der Waals surface area (Å²) in [5, 5.41) is 4.45. The molecule has 1 N–H and O–H groups in total. The molecule has 0 bridgehead atoms. The first-order valence-electron chi connectivity index (χ1n) is 9.51. The Balaban J connectivity index is 1.55. The molecule has 27 heavy (non-hydrogen) atoms. The Bertz CT molecular complexity index is 980. The molecule has 1 atom stereocenters. The standard InChI is InChI=1S/C21H23N5S/c1-13-20(27-21(24-13)15-4-3-8-22-11-15)17-5-6-18-19(25-17)14(7-9-26(18)2)10-16-12-23-16/h4-6,8,10,16,23H,3,7,9,11-12H2,1-2H3/b14-10+. The molecule has 0 saturated carbocycles. The summed E-state index contributed by atoms with van der Waals surface area (Å²) in [6.07, 6.45) is 8.51. The average molecular weight is 378 g/mol. The van der Waals surface area contributed by atoms with E-state index in [-0.39, 0.29) is 0 Å². The molecule has 3 aliphatic rings. The highest BCUT2D eigenvalue weighted by Gasteiger charge is 2.25. The van der Waals surface area contributed by atoms with Gasteiger partial charge in [0.15, 0.2) is 0 Å². The summed E-state index contributed by atoms with van der Waals surface area (Å²) in [5.74, 6) is 0. The monoisotopic (exact) mass is 377 g/mol. The normalized spacial score (nSPS) is 22.7. The number of anilines is 1. The minimum atomic E-state index is 0.525. The van der Waals surface area contributed by atoms with Gasteiger partial charge in [-0.1, -0.05) is 12.2 Å². The van der Waals surface area contributed by atoms with Gasteiger partial charge in [-0.3, -0.25) is 4.99 Å². The number of hydrogen-bond donors (Lipinski definition) is 1. The van der Waals surface area contributed by atoms with Crippen LogP contribution < -0.4 is 10.2 Å². The number of aromatic nitrogens is 2. The van der Waals surface area contributed by atoms with Crippen molar-refractivity contribution in [3.63, 3.8) is 0 Å². The van der Waals surface area contributed by atoms with Gasteiger partial charge in [-0.2, -0.15) is 0 Å². The number of aryl methyl sites for hydroxylation is 1. The molecular weight excluding hydrogens is 354 g/mol. The van der Waals surface area contributed by atoms with Crippen LogP contribution in [0.15, 0.2) is 29.3 Å². The maximum Gasteiger partial charge on any atom is 0.121 e. The summed E-state index contributed by atoms with van der Waals surface area (Å²) in [4.78, 5) is 17.8. The number of nitrogens with one attached hydrogen (secondary N) is 1. The van der Waals surface area contributed by atoms with Crippen molar-refractivity contribution >= 4 is 34.4 Å². The van der Waals surface area contributed by atoms with E-state index >= 15 is 0 Å². The molecule has 5 heterocycles. The lowest BCUT2D eigenvalue weighted by molar-refractivity contribution is 0.867. The second-order valence-corrected chi connectivity index (χ2v) is 8.36. The first-order valence-corrected chi connectivity index (χ1v) is 10.3. The maximum atomic E-state index is 5.10. The lowest BCUT2D eigenvalue weighted by atomic mass is 9.99. The molecule has 5 rings (SSSR count). The van der Waals surface area contributed by atoms with Gasteiger partial charge in [0.25, 0.3) is 0 Å². The molecule has 1 saturated heterocycles. The third-order valence-corrected chi connectivity index (χ3v) is 6.57. The smallest absolute Gasteiger partial charge is 0.121 e. The SMILES string of the molecule is Cc1nc(C2=CCC=NC2)sc1-c1ccc2c(n1)/C(=C/C1CN1)CCN2C. The Labute approximate surface area is 163 Å². The van der Waals surface area contributed by atoms with E-state index in [1.54, 1.807) is 11.3 Å². The number of fused-ring (bicyclic) bond motifs is 1. The van der Waals surface area contributed by atoms with Crippen LogP contribution in [0.2, 0.25) is 0 Å². The third-order valence-electron chi connectivity index (χ3n) is 5.31. The first kappa shape index (κ1) is 16.8. The Kier molecular flexibility index (Phi) is 4.17. The number of pyridine rings is 1. The first-order chi connectivity index (χ1) is 13.2. The number of dihydropyridines is 1. The van der Waals surface area contributed by atoms with Crippen molar-refractivity contribution in [3.8, 4) is 10.6 Å². The van der Waals surface area contributed by atoms with E-state index in [1.165, 1.54) is 21.7 Å². The van der Waals surface area contributed by atoms with Crippen LogP contribution in [0.3, 0.4) is 0 Å². The van der Waals surface area contributed by atoms with Crippen molar-refractivity contribution in [2.24, 2.45) is 4.99 Å². The minimum absolute atomic E-state index is 0.525. The van der Waals surface area contributed by atoms with Crippen LogP contribution in [0.25, 0.3) is 21.7 Å². The number of hydrogen-bond acceptors (Lipinski definition) is 6. The molecule has 5 nitrogen and oxygen atoms in total. The van der Waals surface area contributed by atoms with Crippen LogP contribution >= 0.6 is 11.3 Å². The highest BCUT2D eigenvalue weighted by molar-refractivity contribution is 7.16. The molecule has 2 aromatic rings. The lowest BCUT2D eigenvalue weighted by Gasteiger charge is -2.28. The predicted octanol–water partition coefficient (Wildman–Crippen LogP) is 3.57. The van der Waals surface area contributed by atoms with Crippen molar-refractivity contribution < 1.29 is 0 Å². The second kappa shape index (κ2) is 6.69. The number of nitrogens with zero attached hydrogens (tertiary/aromatic N) is 4. The molecule has 0 aromatic carbocycles. The highest BCUT2D eigenvalue weighted by Crippen LogP contribution is 2.38. The summed E-state index contributed by atoms with van der Waals surface area (Å²) in [6.45, 7) is 4.95. The molecule has 6 heteroatoms. The molecule has 1 unspecified atom stereocenters. The van der Waals surface area contributed by atoms with Crippen LogP contribution in [0.4, 0.5) is 5.69 Å². The van der Waals surface area contributed by atoms with Gasteiger partial charge >= 0.3 is 0 Å². The second-order valence-electron chi connectivity index (χ2n) is 7.36. The van der Waals surface area contributed by atoms with Crippen LogP contribution in [0.1, 0.15) is 29.2 Å². The van der Waals surface area contributed by atoms with Gasteiger partial charge in [0.2, 0.25) is 0 Å². The van der Waals surface area contributed by atoms with Crippen LogP contribution in [-0.4, -0.2) is 48.9 Å². The quantitative estimate of drug-likeness (QED) is 0.831. The summed E-state index contributed by atoms with van der Waals surface area (Å²) >= 11 is 1.74. The highest BCUT2D eigenvalue weighted by atomic mass is 32.1. The molecule has 2 aromatic heterocycles. The van der Waals surface area contributed by atoms with Gasteiger partial charge in [0.1, 0.15) is 5.01 Å². The Hall–Kier alpha value is -2.31. The fourth-order valence-corrected chi connectivity index (χ4v) is 4.73. The maximum absolute atomic E-state index is 5.10. The molecule has 0 amide bonds. The van der Waals surface area contributed by atoms with Crippen molar-refractivity contribution in [1.82, 2.24) is 15.3 Å². The van der Waals surface area contributed by atoms with Crippen molar-refractivity contribution in [3.05, 3.63) is 40.7 Å². The van der Waals surface area contributed by atoms with E-state index < -0.39 is 0 Å². The summed E-state index contributed by atoms with van der Waals surface area (Å²) < 4.78 is 0. The fraction of sp³-hybridized carbons (Fsp3) is 0.381. The summed E-state index contributed by atoms with van der Waals surface area (Å²) in [7, 11) is 2.15. The zero-order valence-electron chi connectivity index (χ0n) is 15.7. The average Bonchev–Trinajstić information content (AvgIpc) is 3.43. The van der Waals surface area contributed by atoms with Gasteiger partial charge in [0, 0.05) is 44.4 Å². The van der Waals surface area contributed by atoms with Crippen LogP contribution in [-0.2, 0) is 0 Å². The molecule has 0 spiro atoms. The Morgan fingerprint density at radius 2 is 2.19 bits per heavy atom. The number of allylic oxidation sites excluding steroid dienone is 1. The fourth-order valence-electron chi connectivity index (χ4n) is 3.66. The zero-order chi connectivity index (χ0) is 18.4. The Morgan fingerprint density at radius 1 is 1.30 bits per heavy atom. The topological polar surface area (TPSA) is 63.3 Å². The van der Waals surface area contributed by atoms with E-state index in [9.17, 15) is 0 Å². The molecule has 3 aliphatic heterocycles. The number of rotatable bonds is 3. The largest absolute Gasteiger partial charge is 0.373 e. The minimum Gasteiger partial charge on any atom is -0.373 e. The van der Waals surface area contributed by atoms with E-state index in [1.807, 2.05) is 6.21 Å². The summed E-state index contributed by atoms with van der Waals surface area (Å²) in [5.41, 5.74) is 7.03. The van der Waals surface area contributed by atoms with E-state index in [0.29, 0.717) is 6.04 Å². The van der Waals surface area contributed by atoms with E-state index in [4.69, 9.17) is 9.97 Å². The Morgan fingerprint density at radius 3 is 2.96 bits per heavy atom. The van der Waals surface area contributed by atoms with E-state index in [2.05, 4.69) is 53.5 Å². The van der Waals surface area contributed by atoms with Crippen LogP contribution in [0.5, 0.6) is 0 Å². The molecular formula is C21H23N5S. The van der Waals surface area contributed by atoms with Crippen LogP contribution in [0, 0.1) is 6.92 Å². The molecule has 1 fully saturated rings. The van der Waals surface area contributed by atoms with Gasteiger partial charge in [0.05, 0.1) is 34.2 Å². The van der Waals surface area contributed by atoms with Gasteiger partial charge in [-0.25, -0.2) is 9.97 Å². The van der Waals surface area contributed by atoms with Crippen molar-refractivity contribution in [2.45, 2.75) is 25.8 Å². The number of aliphatic imine (C=N–C) groups is 1. The van der Waals surface area contributed by atoms with Crippen molar-refractivity contribution in [1.29, 1.82) is 0 Å². The van der Waals surface area contributed by atoms with Gasteiger partial charge < -0.3 is 10.2 Å². The predicted molar refractivity (Wildman–Crippen MR) is 114 cm³/mol. The molecule has 0 aliphatic carbocycles. The summed E-state index contributed by atoms with van der Waals surface area (Å²) in [6, 6.07) is 4.89. The van der Waals surface area contributed by atoms with Gasteiger partial charge in [-0.15, -0.1) is 11.3 Å². The van der Waals surface area contributed by atoms with Gasteiger partial charge in [-0.05, 0) is 31.1 Å². The van der Waals surface area contributed by atoms with E-state index in [0.717, 1.165) is 54.6 Å². The zero-order valence-corrected chi connectivity index (χ0v) is 16.5. The lowest BCUT2D eigenvalue weighted by Crippen LogP contribution is -2.25. The number of thiazole rings is 1. The molecule has 138 valence electrons. The molecule has 0 radical (unpaired) electrons. The van der Waals surface area contributed by atoms with Crippen molar-refractivity contribution in [2.75, 3.05) is 31.6 Å².